The van der Waals surface area contributed by atoms with Gasteiger partial charge in [0, 0.05) is 11.1 Å². The van der Waals surface area contributed by atoms with Gasteiger partial charge in [-0.1, -0.05) is 30.7 Å². The number of hydrogen-bond acceptors (Lipinski definition) is 2. The van der Waals surface area contributed by atoms with Gasteiger partial charge in [0.05, 0.1) is 5.54 Å². The van der Waals surface area contributed by atoms with E-state index in [1.807, 2.05) is 31.2 Å². The molecule has 0 heterocycles. The van der Waals surface area contributed by atoms with E-state index < -0.39 is 5.54 Å². The highest BCUT2D eigenvalue weighted by Gasteiger charge is 2.23. The zero-order chi connectivity index (χ0) is 13.8. The van der Waals surface area contributed by atoms with Crippen molar-refractivity contribution in [1.29, 1.82) is 0 Å². The van der Waals surface area contributed by atoms with Gasteiger partial charge in [-0.2, -0.15) is 0 Å². The average Bonchev–Trinajstić information content (AvgIpc) is 2.29. The van der Waals surface area contributed by atoms with Crippen molar-refractivity contribution >= 4 is 17.5 Å². The van der Waals surface area contributed by atoms with Crippen molar-refractivity contribution in [3.63, 3.8) is 0 Å². The van der Waals surface area contributed by atoms with E-state index in [1.54, 1.807) is 13.8 Å². The Kier molecular flexibility index (Phi) is 5.17. The smallest absolute Gasteiger partial charge is 0.239 e. The lowest BCUT2D eigenvalue weighted by atomic mass is 10.0. The van der Waals surface area contributed by atoms with E-state index in [-0.39, 0.29) is 11.9 Å². The minimum Gasteiger partial charge on any atom is -0.351 e. The van der Waals surface area contributed by atoms with E-state index >= 15 is 0 Å². The Hall–Kier alpha value is -1.06. The van der Waals surface area contributed by atoms with Crippen LogP contribution in [-0.4, -0.2) is 17.5 Å². The summed E-state index contributed by atoms with van der Waals surface area (Å²) in [5.74, 6) is -0.122. The highest BCUT2D eigenvalue weighted by Crippen LogP contribution is 2.12. The molecule has 0 aliphatic rings. The summed E-state index contributed by atoms with van der Waals surface area (Å²) in [6, 6.07) is 7.77. The molecule has 0 bridgehead atoms. The lowest BCUT2D eigenvalue weighted by Gasteiger charge is -2.23. The largest absolute Gasteiger partial charge is 0.351 e. The molecule has 1 aromatic rings. The third kappa shape index (κ3) is 4.67. The van der Waals surface area contributed by atoms with Crippen LogP contribution in [0, 0.1) is 0 Å². The van der Waals surface area contributed by atoms with E-state index in [0.717, 1.165) is 23.4 Å². The summed E-state index contributed by atoms with van der Waals surface area (Å²) in [7, 11) is 0. The second kappa shape index (κ2) is 6.21. The summed E-state index contributed by atoms with van der Waals surface area (Å²) in [6.45, 7) is 5.46. The number of benzene rings is 1. The number of amides is 1. The predicted molar refractivity (Wildman–Crippen MR) is 75.6 cm³/mol. The van der Waals surface area contributed by atoms with Crippen molar-refractivity contribution in [3.8, 4) is 0 Å². The molecule has 0 aliphatic carbocycles. The van der Waals surface area contributed by atoms with Crippen LogP contribution in [0.3, 0.4) is 0 Å². The van der Waals surface area contributed by atoms with Crippen LogP contribution in [0.1, 0.15) is 32.8 Å². The number of hydrogen-bond donors (Lipinski definition) is 2. The standard InChI is InChI=1S/C14H21ClN2O/c1-4-12(17-13(18)14(2,3)16)9-10-5-7-11(15)8-6-10/h5-8,12H,4,9,16H2,1-3H3,(H,17,18). The third-order valence-electron chi connectivity index (χ3n) is 2.81. The predicted octanol–water partition coefficient (Wildman–Crippen LogP) is 2.51. The maximum atomic E-state index is 11.8. The Morgan fingerprint density at radius 1 is 1.39 bits per heavy atom. The van der Waals surface area contributed by atoms with Crippen molar-refractivity contribution in [2.75, 3.05) is 0 Å². The van der Waals surface area contributed by atoms with Crippen molar-refractivity contribution in [2.24, 2.45) is 5.73 Å². The molecule has 0 saturated carbocycles. The quantitative estimate of drug-likeness (QED) is 0.862. The van der Waals surface area contributed by atoms with E-state index in [1.165, 1.54) is 0 Å². The molecule has 0 aliphatic heterocycles. The molecule has 0 aromatic heterocycles. The molecule has 3 N–H and O–H groups in total. The SMILES string of the molecule is CCC(Cc1ccc(Cl)cc1)NC(=O)C(C)(C)N. The van der Waals surface area contributed by atoms with Crippen LogP contribution >= 0.6 is 11.6 Å². The molecule has 0 saturated heterocycles. The van der Waals surface area contributed by atoms with Gasteiger partial charge in [0.15, 0.2) is 0 Å². The Balaban J connectivity index is 2.62. The van der Waals surface area contributed by atoms with E-state index in [4.69, 9.17) is 17.3 Å². The summed E-state index contributed by atoms with van der Waals surface area (Å²) in [4.78, 5) is 11.8. The molecule has 1 aromatic carbocycles. The molecule has 1 atom stereocenters. The third-order valence-corrected chi connectivity index (χ3v) is 3.06. The number of nitrogens with one attached hydrogen (secondary N) is 1. The van der Waals surface area contributed by atoms with E-state index in [2.05, 4.69) is 5.32 Å². The first-order valence-corrected chi connectivity index (χ1v) is 6.55. The van der Waals surface area contributed by atoms with Gasteiger partial charge in [-0.15, -0.1) is 0 Å². The highest BCUT2D eigenvalue weighted by molar-refractivity contribution is 6.30. The number of nitrogens with two attached hydrogens (primary N) is 1. The molecule has 1 unspecified atom stereocenters. The van der Waals surface area contributed by atoms with Crippen LogP contribution in [0.15, 0.2) is 24.3 Å². The van der Waals surface area contributed by atoms with Gasteiger partial charge in [0.1, 0.15) is 0 Å². The first-order valence-electron chi connectivity index (χ1n) is 6.17. The molecule has 0 fully saturated rings. The topological polar surface area (TPSA) is 55.1 Å². The summed E-state index contributed by atoms with van der Waals surface area (Å²) in [5, 5.41) is 3.69. The van der Waals surface area contributed by atoms with Crippen molar-refractivity contribution in [2.45, 2.75) is 45.2 Å². The zero-order valence-corrected chi connectivity index (χ0v) is 11.9. The summed E-state index contributed by atoms with van der Waals surface area (Å²) >= 11 is 5.84. The minimum absolute atomic E-state index is 0.0986. The van der Waals surface area contributed by atoms with E-state index in [0.29, 0.717) is 0 Å². The van der Waals surface area contributed by atoms with Gasteiger partial charge in [0.25, 0.3) is 0 Å². The first-order chi connectivity index (χ1) is 8.32. The Morgan fingerprint density at radius 3 is 2.39 bits per heavy atom. The number of carbonyl (C=O) groups is 1. The summed E-state index contributed by atoms with van der Waals surface area (Å²) in [6.07, 6.45) is 1.65. The molecular weight excluding hydrogens is 248 g/mol. The van der Waals surface area contributed by atoms with Gasteiger partial charge in [0.2, 0.25) is 5.91 Å². The maximum absolute atomic E-state index is 11.8. The molecule has 1 rings (SSSR count). The van der Waals surface area contributed by atoms with E-state index in [9.17, 15) is 4.79 Å². The van der Waals surface area contributed by atoms with Crippen molar-refractivity contribution < 1.29 is 4.79 Å². The molecule has 100 valence electrons. The lowest BCUT2D eigenvalue weighted by Crippen LogP contribution is -2.52. The van der Waals surface area contributed by atoms with Crippen LogP contribution in [0.4, 0.5) is 0 Å². The normalized spacial score (nSPS) is 13.2. The molecule has 0 spiro atoms. The fourth-order valence-electron chi connectivity index (χ4n) is 1.57. The van der Waals surface area contributed by atoms with Gasteiger partial charge in [-0.3, -0.25) is 4.79 Å². The Morgan fingerprint density at radius 2 is 1.94 bits per heavy atom. The van der Waals surface area contributed by atoms with Crippen LogP contribution in [0.2, 0.25) is 5.02 Å². The molecule has 0 radical (unpaired) electrons. The van der Waals surface area contributed by atoms with Crippen LogP contribution in [0.25, 0.3) is 0 Å². The zero-order valence-electron chi connectivity index (χ0n) is 11.2. The van der Waals surface area contributed by atoms with Gasteiger partial charge in [-0.05, 0) is 44.4 Å². The van der Waals surface area contributed by atoms with Crippen LogP contribution in [-0.2, 0) is 11.2 Å². The van der Waals surface area contributed by atoms with Gasteiger partial charge in [-0.25, -0.2) is 0 Å². The Labute approximate surface area is 114 Å². The van der Waals surface area contributed by atoms with Gasteiger partial charge >= 0.3 is 0 Å². The second-order valence-electron chi connectivity index (χ2n) is 5.13. The summed E-state index contributed by atoms with van der Waals surface area (Å²) in [5.41, 5.74) is 6.08. The lowest BCUT2D eigenvalue weighted by molar-refractivity contribution is -0.125. The first kappa shape index (κ1) is 15.0. The molecule has 3 nitrogen and oxygen atoms in total. The summed E-state index contributed by atoms with van der Waals surface area (Å²) < 4.78 is 0. The minimum atomic E-state index is -0.840. The van der Waals surface area contributed by atoms with Crippen molar-refractivity contribution in [1.82, 2.24) is 5.32 Å². The molecule has 18 heavy (non-hydrogen) atoms. The fourth-order valence-corrected chi connectivity index (χ4v) is 1.70. The Bertz CT molecular complexity index is 395. The maximum Gasteiger partial charge on any atom is 0.239 e. The molecular formula is C14H21ClN2O. The fraction of sp³-hybridized carbons (Fsp3) is 0.500. The van der Waals surface area contributed by atoms with Crippen molar-refractivity contribution in [3.05, 3.63) is 34.9 Å². The second-order valence-corrected chi connectivity index (χ2v) is 5.57. The average molecular weight is 269 g/mol. The monoisotopic (exact) mass is 268 g/mol. The van der Waals surface area contributed by atoms with Crippen LogP contribution < -0.4 is 11.1 Å². The van der Waals surface area contributed by atoms with Gasteiger partial charge < -0.3 is 11.1 Å². The highest BCUT2D eigenvalue weighted by atomic mass is 35.5. The van der Waals surface area contributed by atoms with Crippen LogP contribution in [0.5, 0.6) is 0 Å². The molecule has 1 amide bonds. The molecule has 4 heteroatoms. The number of halogens is 1. The number of rotatable bonds is 5. The number of carbonyl (C=O) groups excluding carboxylic acids is 1.